The van der Waals surface area contributed by atoms with Crippen LogP contribution < -0.4 is 0 Å². The van der Waals surface area contributed by atoms with Crippen LogP contribution in [0.1, 0.15) is 26.2 Å². The summed E-state index contributed by atoms with van der Waals surface area (Å²) in [5.74, 6) is 0.0272. The Labute approximate surface area is 99.3 Å². The molecular formula is C10H15Cl2NO2. The summed E-state index contributed by atoms with van der Waals surface area (Å²) in [5, 5.41) is 9.34. The molecule has 0 radical (unpaired) electrons. The zero-order valence-corrected chi connectivity index (χ0v) is 10.2. The van der Waals surface area contributed by atoms with Crippen LogP contribution in [0, 0.1) is 5.41 Å². The van der Waals surface area contributed by atoms with E-state index in [1.807, 2.05) is 0 Å². The monoisotopic (exact) mass is 251 g/mol. The molecule has 1 amide bonds. The summed E-state index contributed by atoms with van der Waals surface area (Å²) < 4.78 is -0.889. The second-order valence-electron chi connectivity index (χ2n) is 4.74. The summed E-state index contributed by atoms with van der Waals surface area (Å²) in [6.07, 6.45) is 1.57. The SMILES string of the molecule is CC1(C(=O)N2CCC(O)CC2)CC1(Cl)Cl. The van der Waals surface area contributed by atoms with Gasteiger partial charge in [-0.2, -0.15) is 0 Å². The van der Waals surface area contributed by atoms with E-state index < -0.39 is 9.75 Å². The van der Waals surface area contributed by atoms with Crippen molar-refractivity contribution in [3.05, 3.63) is 0 Å². The number of piperidine rings is 1. The van der Waals surface area contributed by atoms with Crippen molar-refractivity contribution in [3.63, 3.8) is 0 Å². The largest absolute Gasteiger partial charge is 0.393 e. The second kappa shape index (κ2) is 3.51. The standard InChI is InChI=1S/C10H15Cl2NO2/c1-9(6-10(9,11)12)8(15)13-4-2-7(14)3-5-13/h7,14H,2-6H2,1H3. The summed E-state index contributed by atoms with van der Waals surface area (Å²) in [7, 11) is 0. The molecule has 0 bridgehead atoms. The topological polar surface area (TPSA) is 40.5 Å². The Bertz CT molecular complexity index is 287. The first kappa shape index (κ1) is 11.5. The molecule has 2 aliphatic rings. The molecule has 15 heavy (non-hydrogen) atoms. The average molecular weight is 252 g/mol. The first-order valence-corrected chi connectivity index (χ1v) is 5.98. The van der Waals surface area contributed by atoms with Crippen LogP contribution in [0.5, 0.6) is 0 Å². The van der Waals surface area contributed by atoms with Crippen molar-refractivity contribution >= 4 is 29.1 Å². The molecule has 1 aliphatic heterocycles. The van der Waals surface area contributed by atoms with Crippen LogP contribution in [0.25, 0.3) is 0 Å². The fourth-order valence-corrected chi connectivity index (χ4v) is 2.75. The summed E-state index contributed by atoms with van der Waals surface area (Å²) in [4.78, 5) is 13.8. The van der Waals surface area contributed by atoms with Gasteiger partial charge in [0.1, 0.15) is 4.33 Å². The van der Waals surface area contributed by atoms with E-state index in [2.05, 4.69) is 0 Å². The highest BCUT2D eigenvalue weighted by atomic mass is 35.5. The molecule has 1 aliphatic carbocycles. The van der Waals surface area contributed by atoms with Gasteiger partial charge in [-0.1, -0.05) is 0 Å². The molecule has 2 fully saturated rings. The fourth-order valence-electron chi connectivity index (χ4n) is 2.05. The van der Waals surface area contributed by atoms with Gasteiger partial charge < -0.3 is 10.0 Å². The number of likely N-dealkylation sites (tertiary alicyclic amines) is 1. The highest BCUT2D eigenvalue weighted by Crippen LogP contribution is 2.64. The van der Waals surface area contributed by atoms with Crippen molar-refractivity contribution in [1.29, 1.82) is 0 Å². The van der Waals surface area contributed by atoms with E-state index in [-0.39, 0.29) is 12.0 Å². The van der Waals surface area contributed by atoms with Crippen LogP contribution >= 0.6 is 23.2 Å². The number of aliphatic hydroxyl groups excluding tert-OH is 1. The molecule has 1 saturated heterocycles. The molecule has 0 aromatic heterocycles. The third-order valence-corrected chi connectivity index (χ3v) is 4.58. The lowest BCUT2D eigenvalue weighted by Gasteiger charge is -2.32. The minimum Gasteiger partial charge on any atom is -0.393 e. The molecule has 5 heteroatoms. The molecule has 1 N–H and O–H groups in total. The van der Waals surface area contributed by atoms with Gasteiger partial charge in [0.2, 0.25) is 5.91 Å². The first-order valence-electron chi connectivity index (χ1n) is 5.22. The summed E-state index contributed by atoms with van der Waals surface area (Å²) in [6, 6.07) is 0. The Morgan fingerprint density at radius 3 is 2.27 bits per heavy atom. The van der Waals surface area contributed by atoms with Crippen LogP contribution in [0.4, 0.5) is 0 Å². The van der Waals surface area contributed by atoms with Crippen LogP contribution in [-0.4, -0.2) is 39.4 Å². The third-order valence-electron chi connectivity index (χ3n) is 3.48. The maximum atomic E-state index is 12.1. The van der Waals surface area contributed by atoms with E-state index in [1.165, 1.54) is 0 Å². The van der Waals surface area contributed by atoms with Gasteiger partial charge in [0.25, 0.3) is 0 Å². The van der Waals surface area contributed by atoms with Crippen molar-refractivity contribution in [1.82, 2.24) is 4.90 Å². The number of carbonyl (C=O) groups is 1. The number of rotatable bonds is 1. The number of halogens is 2. The number of hydrogen-bond acceptors (Lipinski definition) is 2. The molecular weight excluding hydrogens is 237 g/mol. The molecule has 3 nitrogen and oxygen atoms in total. The van der Waals surface area contributed by atoms with Gasteiger partial charge in [-0.3, -0.25) is 4.79 Å². The Morgan fingerprint density at radius 2 is 1.87 bits per heavy atom. The minimum absolute atomic E-state index is 0.0272. The number of nitrogens with zero attached hydrogens (tertiary/aromatic N) is 1. The van der Waals surface area contributed by atoms with Crippen molar-refractivity contribution in [2.24, 2.45) is 5.41 Å². The smallest absolute Gasteiger partial charge is 0.231 e. The van der Waals surface area contributed by atoms with Gasteiger partial charge >= 0.3 is 0 Å². The second-order valence-corrected chi connectivity index (χ2v) is 6.22. The van der Waals surface area contributed by atoms with E-state index in [0.29, 0.717) is 32.4 Å². The zero-order valence-electron chi connectivity index (χ0n) is 8.67. The number of aliphatic hydroxyl groups is 1. The fraction of sp³-hybridized carbons (Fsp3) is 0.900. The summed E-state index contributed by atoms with van der Waals surface area (Å²) >= 11 is 11.9. The normalized spacial score (nSPS) is 35.3. The van der Waals surface area contributed by atoms with Gasteiger partial charge in [-0.25, -0.2) is 0 Å². The maximum absolute atomic E-state index is 12.1. The van der Waals surface area contributed by atoms with Crippen molar-refractivity contribution in [2.75, 3.05) is 13.1 Å². The van der Waals surface area contributed by atoms with E-state index in [4.69, 9.17) is 23.2 Å². The minimum atomic E-state index is -0.889. The Kier molecular flexibility index (Phi) is 2.69. The van der Waals surface area contributed by atoms with Gasteiger partial charge in [0, 0.05) is 13.1 Å². The first-order chi connectivity index (χ1) is 6.87. The number of carbonyl (C=O) groups excluding carboxylic acids is 1. The zero-order chi connectivity index (χ0) is 11.3. The molecule has 86 valence electrons. The lowest BCUT2D eigenvalue weighted by atomic mass is 10.0. The van der Waals surface area contributed by atoms with Crippen molar-refractivity contribution in [3.8, 4) is 0 Å². The van der Waals surface area contributed by atoms with E-state index in [9.17, 15) is 9.90 Å². The number of alkyl halides is 2. The van der Waals surface area contributed by atoms with Crippen molar-refractivity contribution in [2.45, 2.75) is 36.6 Å². The van der Waals surface area contributed by atoms with Gasteiger partial charge in [-0.15, -0.1) is 23.2 Å². The molecule has 1 atom stereocenters. The predicted molar refractivity (Wildman–Crippen MR) is 59.0 cm³/mol. The van der Waals surface area contributed by atoms with Crippen LogP contribution in [0.15, 0.2) is 0 Å². The van der Waals surface area contributed by atoms with Crippen molar-refractivity contribution < 1.29 is 9.90 Å². The quantitative estimate of drug-likeness (QED) is 0.719. The third kappa shape index (κ3) is 1.85. The van der Waals surface area contributed by atoms with Crippen LogP contribution in [-0.2, 0) is 4.79 Å². The summed E-state index contributed by atoms with van der Waals surface area (Å²) in [6.45, 7) is 3.03. The molecule has 0 spiro atoms. The van der Waals surface area contributed by atoms with E-state index in [1.54, 1.807) is 11.8 Å². The van der Waals surface area contributed by atoms with E-state index >= 15 is 0 Å². The lowest BCUT2D eigenvalue weighted by molar-refractivity contribution is -0.138. The Balaban J connectivity index is 1.98. The van der Waals surface area contributed by atoms with E-state index in [0.717, 1.165) is 0 Å². The van der Waals surface area contributed by atoms with Crippen LogP contribution in [0.3, 0.4) is 0 Å². The molecule has 0 aromatic rings. The number of hydrogen-bond donors (Lipinski definition) is 1. The molecule has 2 rings (SSSR count). The average Bonchev–Trinajstić information content (AvgIpc) is 2.67. The molecule has 1 saturated carbocycles. The lowest BCUT2D eigenvalue weighted by Crippen LogP contribution is -2.44. The highest BCUT2D eigenvalue weighted by molar-refractivity contribution is 6.53. The Morgan fingerprint density at radius 1 is 1.40 bits per heavy atom. The number of amides is 1. The predicted octanol–water partition coefficient (Wildman–Crippen LogP) is 1.55. The maximum Gasteiger partial charge on any atom is 0.231 e. The molecule has 1 heterocycles. The Hall–Kier alpha value is 0.01000. The van der Waals surface area contributed by atoms with Gasteiger partial charge in [-0.05, 0) is 26.2 Å². The van der Waals surface area contributed by atoms with Gasteiger partial charge in [0.05, 0.1) is 11.5 Å². The summed E-state index contributed by atoms with van der Waals surface area (Å²) in [5.41, 5.74) is -0.613. The molecule has 0 aromatic carbocycles. The van der Waals surface area contributed by atoms with Crippen LogP contribution in [0.2, 0.25) is 0 Å². The molecule has 1 unspecified atom stereocenters. The highest BCUT2D eigenvalue weighted by Gasteiger charge is 2.68. The van der Waals surface area contributed by atoms with Gasteiger partial charge in [0.15, 0.2) is 0 Å².